The van der Waals surface area contributed by atoms with Crippen molar-refractivity contribution in [3.63, 3.8) is 0 Å². The van der Waals surface area contributed by atoms with Crippen LogP contribution in [-0.4, -0.2) is 21.2 Å². The van der Waals surface area contributed by atoms with Crippen molar-refractivity contribution in [3.05, 3.63) is 47.7 Å². The molecule has 0 bridgehead atoms. The lowest BCUT2D eigenvalue weighted by Crippen LogP contribution is -2.16. The molecular weight excluding hydrogens is 229 g/mol. The number of allylic oxidation sites excluding steroid dienone is 1. The van der Waals surface area contributed by atoms with Gasteiger partial charge in [-0.3, -0.25) is 4.84 Å². The van der Waals surface area contributed by atoms with Gasteiger partial charge in [0.2, 0.25) is 0 Å². The van der Waals surface area contributed by atoms with E-state index in [9.17, 15) is 4.57 Å². The highest BCUT2D eigenvalue weighted by atomic mass is 31.2. The molecule has 0 fully saturated rings. The molecule has 0 spiro atoms. The summed E-state index contributed by atoms with van der Waals surface area (Å²) in [4.78, 5) is 23.6. The first-order valence-electron chi connectivity index (χ1n) is 4.79. The fourth-order valence-electron chi connectivity index (χ4n) is 1.55. The second-order valence-electron chi connectivity index (χ2n) is 3.44. The van der Waals surface area contributed by atoms with Crippen LogP contribution in [0.1, 0.15) is 5.56 Å². The van der Waals surface area contributed by atoms with Crippen molar-refractivity contribution in [1.29, 1.82) is 0 Å². The summed E-state index contributed by atoms with van der Waals surface area (Å²) in [7, 11) is -4.36. The molecule has 0 aliphatic carbocycles. The third kappa shape index (κ3) is 2.51. The third-order valence-electron chi connectivity index (χ3n) is 2.23. The van der Waals surface area contributed by atoms with E-state index in [2.05, 4.69) is 0 Å². The van der Waals surface area contributed by atoms with Gasteiger partial charge in [-0.2, -0.15) is 4.83 Å². The Morgan fingerprint density at radius 1 is 1.31 bits per heavy atom. The number of nitrogens with zero attached hydrogens (tertiary/aromatic N) is 1. The molecular formula is C10H12NO4P. The second-order valence-corrected chi connectivity index (χ2v) is 4.83. The van der Waals surface area contributed by atoms with Crippen LogP contribution < -0.4 is 0 Å². The molecule has 0 atom stereocenters. The molecule has 0 saturated heterocycles. The van der Waals surface area contributed by atoms with E-state index in [-0.39, 0.29) is 6.61 Å². The predicted octanol–water partition coefficient (Wildman–Crippen LogP) is 1.45. The van der Waals surface area contributed by atoms with Crippen molar-refractivity contribution < 1.29 is 19.2 Å². The molecule has 1 aromatic rings. The molecule has 16 heavy (non-hydrogen) atoms. The van der Waals surface area contributed by atoms with Crippen molar-refractivity contribution in [3.8, 4) is 0 Å². The van der Waals surface area contributed by atoms with Crippen molar-refractivity contribution in [2.75, 3.05) is 6.61 Å². The zero-order valence-electron chi connectivity index (χ0n) is 8.48. The molecule has 2 rings (SSSR count). The van der Waals surface area contributed by atoms with Crippen LogP contribution in [0.15, 0.2) is 42.1 Å². The van der Waals surface area contributed by atoms with Crippen LogP contribution in [-0.2, 0) is 15.8 Å². The fraction of sp³-hybridized carbons (Fsp3) is 0.200. The summed E-state index contributed by atoms with van der Waals surface area (Å²) in [5, 5.41) is 0. The lowest BCUT2D eigenvalue weighted by atomic mass is 10.1. The maximum absolute atomic E-state index is 11.1. The Morgan fingerprint density at radius 3 is 2.62 bits per heavy atom. The van der Waals surface area contributed by atoms with Gasteiger partial charge in [0.05, 0.1) is 12.3 Å². The van der Waals surface area contributed by atoms with Crippen LogP contribution in [0.4, 0.5) is 0 Å². The Hall–Kier alpha value is -1.13. The Bertz CT molecular complexity index is 439. The van der Waals surface area contributed by atoms with Crippen molar-refractivity contribution in [2.24, 2.45) is 0 Å². The summed E-state index contributed by atoms with van der Waals surface area (Å²) in [6.45, 7) is 0.202. The SMILES string of the molecule is O=P(O)(O)N1OCC=C1Cc1ccccc1. The number of rotatable bonds is 3. The normalized spacial score (nSPS) is 16.4. The predicted molar refractivity (Wildman–Crippen MR) is 58.1 cm³/mol. The van der Waals surface area contributed by atoms with E-state index in [4.69, 9.17) is 14.6 Å². The second kappa shape index (κ2) is 4.39. The van der Waals surface area contributed by atoms with Gasteiger partial charge in [-0.1, -0.05) is 30.3 Å². The zero-order valence-corrected chi connectivity index (χ0v) is 9.38. The van der Waals surface area contributed by atoms with Gasteiger partial charge in [-0.05, 0) is 11.6 Å². The summed E-state index contributed by atoms with van der Waals surface area (Å²) in [6.07, 6.45) is 2.12. The van der Waals surface area contributed by atoms with E-state index < -0.39 is 7.75 Å². The van der Waals surface area contributed by atoms with Crippen LogP contribution in [0.3, 0.4) is 0 Å². The molecule has 0 aromatic heterocycles. The van der Waals surface area contributed by atoms with E-state index in [0.717, 1.165) is 5.56 Å². The number of hydrogen-bond acceptors (Lipinski definition) is 2. The number of benzene rings is 1. The molecule has 1 aliphatic rings. The van der Waals surface area contributed by atoms with Crippen molar-refractivity contribution in [1.82, 2.24) is 4.83 Å². The minimum Gasteiger partial charge on any atom is -0.307 e. The number of hydrogen-bond donors (Lipinski definition) is 2. The molecule has 1 heterocycles. The molecule has 0 unspecified atom stereocenters. The first-order chi connectivity index (χ1) is 7.57. The fourth-order valence-corrected chi connectivity index (χ4v) is 2.26. The summed E-state index contributed by atoms with van der Waals surface area (Å²) < 4.78 is 11.1. The average Bonchev–Trinajstić information content (AvgIpc) is 2.67. The van der Waals surface area contributed by atoms with Gasteiger partial charge in [0, 0.05) is 6.42 Å². The molecule has 2 N–H and O–H groups in total. The van der Waals surface area contributed by atoms with E-state index >= 15 is 0 Å². The van der Waals surface area contributed by atoms with E-state index in [1.165, 1.54) is 0 Å². The van der Waals surface area contributed by atoms with Gasteiger partial charge in [-0.25, -0.2) is 4.57 Å². The van der Waals surface area contributed by atoms with Crippen LogP contribution in [0.2, 0.25) is 0 Å². The maximum Gasteiger partial charge on any atom is 0.453 e. The lowest BCUT2D eigenvalue weighted by molar-refractivity contribution is -0.0451. The van der Waals surface area contributed by atoms with Crippen LogP contribution in [0, 0.1) is 0 Å². The summed E-state index contributed by atoms with van der Waals surface area (Å²) in [5.41, 5.74) is 1.48. The highest BCUT2D eigenvalue weighted by Gasteiger charge is 2.31. The van der Waals surface area contributed by atoms with Gasteiger partial charge in [0.15, 0.2) is 0 Å². The molecule has 5 nitrogen and oxygen atoms in total. The Balaban J connectivity index is 2.14. The minimum absolute atomic E-state index is 0.202. The molecule has 0 amide bonds. The summed E-state index contributed by atoms with van der Waals surface area (Å²) >= 11 is 0. The highest BCUT2D eigenvalue weighted by molar-refractivity contribution is 7.49. The molecule has 1 aliphatic heterocycles. The minimum atomic E-state index is -4.36. The van der Waals surface area contributed by atoms with Gasteiger partial charge in [0.1, 0.15) is 0 Å². The van der Waals surface area contributed by atoms with Crippen LogP contribution >= 0.6 is 7.75 Å². The van der Waals surface area contributed by atoms with Crippen molar-refractivity contribution >= 4 is 7.75 Å². The number of hydroxylamine groups is 1. The quantitative estimate of drug-likeness (QED) is 0.784. The van der Waals surface area contributed by atoms with Crippen molar-refractivity contribution in [2.45, 2.75) is 6.42 Å². The molecule has 86 valence electrons. The monoisotopic (exact) mass is 241 g/mol. The first-order valence-corrected chi connectivity index (χ1v) is 6.36. The molecule has 0 saturated carbocycles. The molecule has 6 heteroatoms. The van der Waals surface area contributed by atoms with Gasteiger partial charge >= 0.3 is 7.75 Å². The lowest BCUT2D eigenvalue weighted by Gasteiger charge is -2.20. The Morgan fingerprint density at radius 2 is 2.00 bits per heavy atom. The van der Waals surface area contributed by atoms with E-state index in [1.54, 1.807) is 6.08 Å². The van der Waals surface area contributed by atoms with Crippen LogP contribution in [0.25, 0.3) is 0 Å². The molecule has 0 radical (unpaired) electrons. The topological polar surface area (TPSA) is 70.0 Å². The third-order valence-corrected chi connectivity index (χ3v) is 3.07. The molecule has 1 aromatic carbocycles. The zero-order chi connectivity index (χ0) is 11.6. The van der Waals surface area contributed by atoms with E-state index in [0.29, 0.717) is 17.0 Å². The average molecular weight is 241 g/mol. The Kier molecular flexibility index (Phi) is 3.12. The van der Waals surface area contributed by atoms with E-state index in [1.807, 2.05) is 30.3 Å². The smallest absolute Gasteiger partial charge is 0.307 e. The maximum atomic E-state index is 11.1. The van der Waals surface area contributed by atoms with Crippen LogP contribution in [0.5, 0.6) is 0 Å². The Labute approximate surface area is 93.1 Å². The standard InChI is InChI=1S/C10H12NO4P/c12-16(13,14)11-10(6-7-15-11)8-9-4-2-1-3-5-9/h1-6H,7-8H2,(H2,12,13,14). The summed E-state index contributed by atoms with van der Waals surface area (Å²) in [5.74, 6) is 0. The van der Waals surface area contributed by atoms with Gasteiger partial charge in [-0.15, -0.1) is 0 Å². The van der Waals surface area contributed by atoms with Gasteiger partial charge < -0.3 is 9.79 Å². The first kappa shape index (κ1) is 11.4. The summed E-state index contributed by atoms with van der Waals surface area (Å²) in [6, 6.07) is 9.46. The largest absolute Gasteiger partial charge is 0.453 e. The highest BCUT2D eigenvalue weighted by Crippen LogP contribution is 2.45. The van der Waals surface area contributed by atoms with Gasteiger partial charge in [0.25, 0.3) is 0 Å².